The Morgan fingerprint density at radius 1 is 0.926 bits per heavy atom. The lowest BCUT2D eigenvalue weighted by molar-refractivity contribution is -0.132. The summed E-state index contributed by atoms with van der Waals surface area (Å²) in [7, 11) is 0. The maximum atomic E-state index is 12.3. The Morgan fingerprint density at radius 3 is 2.30 bits per heavy atom. The fraction of sp³-hybridized carbons (Fsp3) is 0.316. The van der Waals surface area contributed by atoms with Gasteiger partial charge < -0.3 is 20.4 Å². The van der Waals surface area contributed by atoms with Gasteiger partial charge in [-0.25, -0.2) is 4.79 Å². The minimum atomic E-state index is -0.333. The number of piperazine rings is 1. The molecular weight excluding hydrogens is 364 g/mol. The van der Waals surface area contributed by atoms with Crippen molar-refractivity contribution < 1.29 is 14.4 Å². The zero-order valence-corrected chi connectivity index (χ0v) is 15.7. The van der Waals surface area contributed by atoms with Crippen molar-refractivity contribution in [3.8, 4) is 0 Å². The van der Waals surface area contributed by atoms with Crippen LogP contribution >= 0.6 is 11.3 Å². The molecule has 1 aromatic heterocycles. The van der Waals surface area contributed by atoms with E-state index in [0.29, 0.717) is 31.9 Å². The Hall–Kier alpha value is -2.87. The topological polar surface area (TPSA) is 81.8 Å². The highest BCUT2D eigenvalue weighted by molar-refractivity contribution is 7.12. The molecule has 2 N–H and O–H groups in total. The Kier molecular flexibility index (Phi) is 6.43. The number of carbonyl (C=O) groups excluding carboxylic acids is 3. The first kappa shape index (κ1) is 18.9. The summed E-state index contributed by atoms with van der Waals surface area (Å²) >= 11 is 1.43. The molecule has 2 heterocycles. The summed E-state index contributed by atoms with van der Waals surface area (Å²) in [6.07, 6.45) is 0.237. The Labute approximate surface area is 162 Å². The lowest BCUT2D eigenvalue weighted by Crippen LogP contribution is -2.50. The predicted molar refractivity (Wildman–Crippen MR) is 105 cm³/mol. The van der Waals surface area contributed by atoms with Gasteiger partial charge in [-0.05, 0) is 23.6 Å². The van der Waals surface area contributed by atoms with Crippen LogP contribution in [0.5, 0.6) is 0 Å². The summed E-state index contributed by atoms with van der Waals surface area (Å²) in [5, 5.41) is 7.28. The molecule has 7 nitrogen and oxygen atoms in total. The number of hydrogen-bond donors (Lipinski definition) is 2. The van der Waals surface area contributed by atoms with Gasteiger partial charge >= 0.3 is 6.03 Å². The first-order chi connectivity index (χ1) is 13.1. The van der Waals surface area contributed by atoms with Crippen LogP contribution in [0.25, 0.3) is 0 Å². The van der Waals surface area contributed by atoms with E-state index in [2.05, 4.69) is 10.6 Å². The molecule has 142 valence electrons. The molecule has 1 aliphatic heterocycles. The molecule has 0 spiro atoms. The normalized spacial score (nSPS) is 13.9. The van der Waals surface area contributed by atoms with Crippen LogP contribution in [0, 0.1) is 0 Å². The molecule has 2 aromatic rings. The molecule has 0 bridgehead atoms. The van der Waals surface area contributed by atoms with Crippen LogP contribution in [0.2, 0.25) is 0 Å². The maximum absolute atomic E-state index is 12.3. The van der Waals surface area contributed by atoms with Crippen molar-refractivity contribution in [3.63, 3.8) is 0 Å². The van der Waals surface area contributed by atoms with Crippen LogP contribution in [-0.4, -0.2) is 60.4 Å². The van der Waals surface area contributed by atoms with E-state index in [-0.39, 0.29) is 30.8 Å². The van der Waals surface area contributed by atoms with Gasteiger partial charge in [-0.1, -0.05) is 24.3 Å². The van der Waals surface area contributed by atoms with Gasteiger partial charge in [0.2, 0.25) is 5.91 Å². The van der Waals surface area contributed by atoms with Gasteiger partial charge in [-0.2, -0.15) is 0 Å². The van der Waals surface area contributed by atoms with Crippen molar-refractivity contribution in [2.24, 2.45) is 0 Å². The van der Waals surface area contributed by atoms with Gasteiger partial charge in [0.05, 0.1) is 4.88 Å². The molecule has 4 amide bonds. The molecule has 1 aliphatic rings. The number of para-hydroxylation sites is 1. The number of urea groups is 1. The molecule has 1 aromatic carbocycles. The number of nitrogens with zero attached hydrogens (tertiary/aromatic N) is 2. The standard InChI is InChI=1S/C19H22N4O3S/c24-17(8-9-20-19(26)21-15-5-2-1-3-6-15)22-10-12-23(13-11-22)18(25)16-7-4-14-27-16/h1-7,14H,8-13H2,(H2,20,21,26). The summed E-state index contributed by atoms with van der Waals surface area (Å²) < 4.78 is 0. The number of benzene rings is 1. The quantitative estimate of drug-likeness (QED) is 0.827. The highest BCUT2D eigenvalue weighted by Crippen LogP contribution is 2.14. The van der Waals surface area contributed by atoms with Crippen molar-refractivity contribution >= 4 is 34.9 Å². The van der Waals surface area contributed by atoms with Gasteiger partial charge in [0.15, 0.2) is 0 Å². The number of amides is 4. The van der Waals surface area contributed by atoms with Crippen LogP contribution < -0.4 is 10.6 Å². The minimum absolute atomic E-state index is 0.0155. The van der Waals surface area contributed by atoms with Crippen molar-refractivity contribution in [3.05, 3.63) is 52.7 Å². The van der Waals surface area contributed by atoms with Crippen molar-refractivity contribution in [1.29, 1.82) is 0 Å². The minimum Gasteiger partial charge on any atom is -0.339 e. The second-order valence-electron chi connectivity index (χ2n) is 6.15. The van der Waals surface area contributed by atoms with Gasteiger partial charge in [-0.15, -0.1) is 11.3 Å². The number of hydrogen-bond acceptors (Lipinski definition) is 4. The van der Waals surface area contributed by atoms with E-state index in [1.54, 1.807) is 21.9 Å². The van der Waals surface area contributed by atoms with E-state index >= 15 is 0 Å². The first-order valence-electron chi connectivity index (χ1n) is 8.84. The summed E-state index contributed by atoms with van der Waals surface area (Å²) in [5.41, 5.74) is 0.702. The average Bonchev–Trinajstić information content (AvgIpc) is 3.23. The smallest absolute Gasteiger partial charge is 0.319 e. The Morgan fingerprint density at radius 2 is 1.63 bits per heavy atom. The van der Waals surface area contributed by atoms with Crippen molar-refractivity contribution in [2.75, 3.05) is 38.0 Å². The number of anilines is 1. The third-order valence-electron chi connectivity index (χ3n) is 4.31. The van der Waals surface area contributed by atoms with Crippen molar-refractivity contribution in [1.82, 2.24) is 15.1 Å². The molecular formula is C19H22N4O3S. The first-order valence-corrected chi connectivity index (χ1v) is 9.72. The molecule has 1 saturated heterocycles. The van der Waals surface area contributed by atoms with Crippen molar-refractivity contribution in [2.45, 2.75) is 6.42 Å². The van der Waals surface area contributed by atoms with E-state index < -0.39 is 0 Å². The largest absolute Gasteiger partial charge is 0.339 e. The molecule has 0 aliphatic carbocycles. The van der Waals surface area contributed by atoms with E-state index in [1.165, 1.54) is 11.3 Å². The molecule has 0 saturated carbocycles. The van der Waals surface area contributed by atoms with Gasteiger partial charge in [-0.3, -0.25) is 9.59 Å². The van der Waals surface area contributed by atoms with E-state index in [1.807, 2.05) is 35.7 Å². The third kappa shape index (κ3) is 5.30. The zero-order chi connectivity index (χ0) is 19.1. The van der Waals surface area contributed by atoms with E-state index in [0.717, 1.165) is 4.88 Å². The molecule has 0 unspecified atom stereocenters. The van der Waals surface area contributed by atoms with Gasteiger partial charge in [0, 0.05) is 44.8 Å². The summed E-state index contributed by atoms with van der Waals surface area (Å²) in [6.45, 7) is 2.37. The van der Waals surface area contributed by atoms with Crippen LogP contribution in [0.3, 0.4) is 0 Å². The third-order valence-corrected chi connectivity index (χ3v) is 5.17. The molecule has 27 heavy (non-hydrogen) atoms. The highest BCUT2D eigenvalue weighted by atomic mass is 32.1. The predicted octanol–water partition coefficient (Wildman–Crippen LogP) is 2.24. The summed E-state index contributed by atoms with van der Waals surface area (Å²) in [5.74, 6) is 0.00887. The van der Waals surface area contributed by atoms with Gasteiger partial charge in [0.25, 0.3) is 5.91 Å². The average molecular weight is 386 g/mol. The zero-order valence-electron chi connectivity index (χ0n) is 14.9. The van der Waals surface area contributed by atoms with E-state index in [9.17, 15) is 14.4 Å². The SMILES string of the molecule is O=C(NCCC(=O)N1CCN(C(=O)c2cccs2)CC1)Nc1ccccc1. The Balaban J connectivity index is 1.36. The molecule has 8 heteroatoms. The number of nitrogens with one attached hydrogen (secondary N) is 2. The number of thiophene rings is 1. The van der Waals surface area contributed by atoms with Crippen LogP contribution in [0.15, 0.2) is 47.8 Å². The number of carbonyl (C=O) groups is 3. The summed E-state index contributed by atoms with van der Waals surface area (Å²) in [6, 6.07) is 12.5. The summed E-state index contributed by atoms with van der Waals surface area (Å²) in [4.78, 5) is 40.7. The second kappa shape index (κ2) is 9.18. The maximum Gasteiger partial charge on any atom is 0.319 e. The van der Waals surface area contributed by atoms with Crippen LogP contribution in [-0.2, 0) is 4.79 Å². The molecule has 0 atom stereocenters. The monoisotopic (exact) mass is 386 g/mol. The lowest BCUT2D eigenvalue weighted by Gasteiger charge is -2.34. The van der Waals surface area contributed by atoms with Gasteiger partial charge in [0.1, 0.15) is 0 Å². The number of rotatable bonds is 5. The molecule has 1 fully saturated rings. The fourth-order valence-electron chi connectivity index (χ4n) is 2.85. The molecule has 0 radical (unpaired) electrons. The fourth-order valence-corrected chi connectivity index (χ4v) is 3.54. The molecule has 3 rings (SSSR count). The second-order valence-corrected chi connectivity index (χ2v) is 7.09. The van der Waals surface area contributed by atoms with Crippen LogP contribution in [0.1, 0.15) is 16.1 Å². The van der Waals surface area contributed by atoms with Crippen LogP contribution in [0.4, 0.5) is 10.5 Å². The van der Waals surface area contributed by atoms with E-state index in [4.69, 9.17) is 0 Å². The lowest BCUT2D eigenvalue weighted by atomic mass is 10.2. The highest BCUT2D eigenvalue weighted by Gasteiger charge is 2.25. The Bertz CT molecular complexity index is 772.